The van der Waals surface area contributed by atoms with Crippen LogP contribution < -0.4 is 0 Å². The Hall–Kier alpha value is -1.66. The first-order valence-corrected chi connectivity index (χ1v) is 12.7. The second-order valence-electron chi connectivity index (χ2n) is 7.41. The molecular formula is C24H30O4S2. The van der Waals surface area contributed by atoms with Gasteiger partial charge in [-0.2, -0.15) is 0 Å². The van der Waals surface area contributed by atoms with E-state index in [2.05, 4.69) is 13.8 Å². The van der Waals surface area contributed by atoms with Gasteiger partial charge in [-0.05, 0) is 36.5 Å². The van der Waals surface area contributed by atoms with Gasteiger partial charge in [-0.15, -0.1) is 23.5 Å². The number of carbonyl (C=O) groups excluding carboxylic acids is 4. The zero-order chi connectivity index (χ0) is 21.9. The monoisotopic (exact) mass is 446 g/mol. The smallest absolute Gasteiger partial charge is 0.193 e. The molecule has 0 spiro atoms. The van der Waals surface area contributed by atoms with Gasteiger partial charge in [0, 0.05) is 23.3 Å². The molecule has 0 unspecified atom stereocenters. The zero-order valence-corrected chi connectivity index (χ0v) is 19.5. The zero-order valence-electron chi connectivity index (χ0n) is 17.8. The summed E-state index contributed by atoms with van der Waals surface area (Å²) in [5.74, 6) is 0.257. The van der Waals surface area contributed by atoms with Crippen LogP contribution >= 0.6 is 23.5 Å². The van der Waals surface area contributed by atoms with E-state index < -0.39 is 0 Å². The average Bonchev–Trinajstić information content (AvgIpc) is 2.72. The molecule has 0 heterocycles. The van der Waals surface area contributed by atoms with Crippen LogP contribution in [0.25, 0.3) is 0 Å². The van der Waals surface area contributed by atoms with E-state index in [-0.39, 0.29) is 34.3 Å². The fourth-order valence-corrected chi connectivity index (χ4v) is 5.07. The predicted octanol–water partition coefficient (Wildman–Crippen LogP) is 5.54. The maximum Gasteiger partial charge on any atom is 0.193 e. The Kier molecular flexibility index (Phi) is 10.6. The Morgan fingerprint density at radius 3 is 1.30 bits per heavy atom. The molecule has 2 aliphatic rings. The number of carbonyl (C=O) groups is 4. The van der Waals surface area contributed by atoms with Gasteiger partial charge in [-0.1, -0.05) is 52.4 Å². The minimum absolute atomic E-state index is 0.0249. The predicted molar refractivity (Wildman–Crippen MR) is 126 cm³/mol. The number of hydrogen-bond acceptors (Lipinski definition) is 6. The molecule has 0 aromatic heterocycles. The van der Waals surface area contributed by atoms with Crippen LogP contribution in [0.15, 0.2) is 45.3 Å². The Morgan fingerprint density at radius 2 is 0.933 bits per heavy atom. The van der Waals surface area contributed by atoms with Crippen molar-refractivity contribution in [3.63, 3.8) is 0 Å². The lowest BCUT2D eigenvalue weighted by Gasteiger charge is -2.16. The molecule has 0 atom stereocenters. The Labute approximate surface area is 187 Å². The normalized spacial score (nSPS) is 17.0. The van der Waals surface area contributed by atoms with Crippen molar-refractivity contribution in [2.24, 2.45) is 0 Å². The van der Waals surface area contributed by atoms with Crippen molar-refractivity contribution in [1.82, 2.24) is 0 Å². The van der Waals surface area contributed by atoms with Crippen LogP contribution in [0, 0.1) is 0 Å². The summed E-state index contributed by atoms with van der Waals surface area (Å²) in [6, 6.07) is 0. The highest BCUT2D eigenvalue weighted by Gasteiger charge is 2.29. The molecule has 0 radical (unpaired) electrons. The lowest BCUT2D eigenvalue weighted by molar-refractivity contribution is -0.116. The van der Waals surface area contributed by atoms with Crippen molar-refractivity contribution in [2.45, 2.75) is 65.2 Å². The molecule has 162 valence electrons. The van der Waals surface area contributed by atoms with E-state index in [0.29, 0.717) is 9.81 Å². The standard InChI is InChI=1S/C24H30O4S2/c1-3-5-7-9-11-29-23-15-19(25)17(13-21(23)27)18-14-22(28)24(16-20(18)26)30-12-10-8-6-4-2/h13-16H,3-12H2,1-2H3. The molecule has 0 saturated carbocycles. The molecular weight excluding hydrogens is 416 g/mol. The summed E-state index contributed by atoms with van der Waals surface area (Å²) < 4.78 is 0. The summed E-state index contributed by atoms with van der Waals surface area (Å²) in [5.41, 5.74) is 0.0499. The van der Waals surface area contributed by atoms with Gasteiger partial charge in [-0.25, -0.2) is 0 Å². The van der Waals surface area contributed by atoms with Gasteiger partial charge in [0.2, 0.25) is 0 Å². The summed E-state index contributed by atoms with van der Waals surface area (Å²) in [4.78, 5) is 50.8. The van der Waals surface area contributed by atoms with Gasteiger partial charge in [0.15, 0.2) is 23.1 Å². The maximum atomic E-state index is 12.6. The second kappa shape index (κ2) is 12.9. The highest BCUT2D eigenvalue weighted by molar-refractivity contribution is 8.04. The van der Waals surface area contributed by atoms with E-state index in [9.17, 15) is 19.2 Å². The highest BCUT2D eigenvalue weighted by Crippen LogP contribution is 2.31. The van der Waals surface area contributed by atoms with E-state index in [4.69, 9.17) is 0 Å². The van der Waals surface area contributed by atoms with E-state index >= 15 is 0 Å². The molecule has 0 N–H and O–H groups in total. The van der Waals surface area contributed by atoms with E-state index in [0.717, 1.165) is 62.9 Å². The Bertz CT molecular complexity index is 747. The molecule has 2 rings (SSSR count). The Morgan fingerprint density at radius 1 is 0.533 bits per heavy atom. The number of thioether (sulfide) groups is 2. The van der Waals surface area contributed by atoms with Crippen molar-refractivity contribution in [1.29, 1.82) is 0 Å². The van der Waals surface area contributed by atoms with Crippen molar-refractivity contribution in [3.8, 4) is 0 Å². The van der Waals surface area contributed by atoms with Crippen molar-refractivity contribution < 1.29 is 19.2 Å². The van der Waals surface area contributed by atoms with Crippen LogP contribution in [0.2, 0.25) is 0 Å². The lowest BCUT2D eigenvalue weighted by atomic mass is 9.90. The third-order valence-electron chi connectivity index (χ3n) is 4.89. The van der Waals surface area contributed by atoms with Crippen LogP contribution in [-0.2, 0) is 19.2 Å². The fraction of sp³-hybridized carbons (Fsp3) is 0.500. The van der Waals surface area contributed by atoms with E-state index in [1.54, 1.807) is 0 Å². The molecule has 0 aromatic rings. The highest BCUT2D eigenvalue weighted by atomic mass is 32.2. The van der Waals surface area contributed by atoms with Crippen LogP contribution in [0.3, 0.4) is 0 Å². The third kappa shape index (κ3) is 7.24. The summed E-state index contributed by atoms with van der Waals surface area (Å²) in [5, 5.41) is 0. The SMILES string of the molecule is CCCCCCSC1=CC(=O)C(C2=CC(=O)C(SCCCCCC)=CC2=O)=CC1=O. The minimum Gasteiger partial charge on any atom is -0.289 e. The number of hydrogen-bond donors (Lipinski definition) is 0. The number of rotatable bonds is 13. The Balaban J connectivity index is 1.96. The van der Waals surface area contributed by atoms with Crippen molar-refractivity contribution >= 4 is 46.7 Å². The summed E-state index contributed by atoms with van der Waals surface area (Å²) in [6.07, 6.45) is 13.9. The minimum atomic E-state index is -0.387. The summed E-state index contributed by atoms with van der Waals surface area (Å²) in [7, 11) is 0. The van der Waals surface area contributed by atoms with Crippen LogP contribution in [-0.4, -0.2) is 34.6 Å². The molecule has 0 amide bonds. The van der Waals surface area contributed by atoms with Gasteiger partial charge < -0.3 is 0 Å². The molecule has 30 heavy (non-hydrogen) atoms. The van der Waals surface area contributed by atoms with E-state index in [1.165, 1.54) is 47.8 Å². The maximum absolute atomic E-state index is 12.6. The fourth-order valence-electron chi connectivity index (χ4n) is 3.15. The molecule has 0 saturated heterocycles. The molecule has 6 heteroatoms. The lowest BCUT2D eigenvalue weighted by Crippen LogP contribution is -2.20. The van der Waals surface area contributed by atoms with Crippen molar-refractivity contribution in [2.75, 3.05) is 11.5 Å². The number of allylic oxidation sites excluding steroid dienone is 8. The van der Waals surface area contributed by atoms with Gasteiger partial charge in [0.1, 0.15) is 0 Å². The first kappa shape index (κ1) is 24.6. The van der Waals surface area contributed by atoms with Crippen LogP contribution in [0.4, 0.5) is 0 Å². The number of ketones is 4. The first-order chi connectivity index (χ1) is 14.5. The van der Waals surface area contributed by atoms with E-state index in [1.807, 2.05) is 0 Å². The molecule has 0 bridgehead atoms. The average molecular weight is 447 g/mol. The van der Waals surface area contributed by atoms with Gasteiger partial charge >= 0.3 is 0 Å². The molecule has 0 aromatic carbocycles. The molecule has 2 aliphatic carbocycles. The molecule has 0 aliphatic heterocycles. The largest absolute Gasteiger partial charge is 0.289 e. The number of unbranched alkanes of at least 4 members (excludes halogenated alkanes) is 6. The quantitative estimate of drug-likeness (QED) is 0.273. The molecule has 0 fully saturated rings. The second-order valence-corrected chi connectivity index (χ2v) is 9.68. The topological polar surface area (TPSA) is 68.3 Å². The van der Waals surface area contributed by atoms with Gasteiger partial charge in [0.05, 0.1) is 9.81 Å². The van der Waals surface area contributed by atoms with Crippen LogP contribution in [0.5, 0.6) is 0 Å². The van der Waals surface area contributed by atoms with Gasteiger partial charge in [-0.3, -0.25) is 19.2 Å². The van der Waals surface area contributed by atoms with Crippen molar-refractivity contribution in [3.05, 3.63) is 45.3 Å². The van der Waals surface area contributed by atoms with Gasteiger partial charge in [0.25, 0.3) is 0 Å². The molecule has 4 nitrogen and oxygen atoms in total. The third-order valence-corrected chi connectivity index (χ3v) is 7.14. The summed E-state index contributed by atoms with van der Waals surface area (Å²) >= 11 is 2.77. The van der Waals surface area contributed by atoms with Crippen LogP contribution in [0.1, 0.15) is 65.2 Å². The first-order valence-electron chi connectivity index (χ1n) is 10.8. The summed E-state index contributed by atoms with van der Waals surface area (Å²) in [6.45, 7) is 4.28.